The van der Waals surface area contributed by atoms with Gasteiger partial charge in [-0.15, -0.1) is 0 Å². The van der Waals surface area contributed by atoms with Gasteiger partial charge >= 0.3 is 17.4 Å². The summed E-state index contributed by atoms with van der Waals surface area (Å²) < 4.78 is 16.2. The van der Waals surface area contributed by atoms with Crippen molar-refractivity contribution in [3.63, 3.8) is 0 Å². The van der Waals surface area contributed by atoms with Gasteiger partial charge in [-0.2, -0.15) is 0 Å². The molecule has 9 heteroatoms. The summed E-state index contributed by atoms with van der Waals surface area (Å²) in [7, 11) is -5.45. The highest BCUT2D eigenvalue weighted by atomic mass is 28.5. The average Bonchev–Trinajstić information content (AvgIpc) is 2.54. The highest BCUT2D eigenvalue weighted by Crippen LogP contribution is 2.18. The van der Waals surface area contributed by atoms with Crippen LogP contribution in [0.2, 0.25) is 12.6 Å². The quantitative estimate of drug-likeness (QED) is 0.313. The molecule has 25 heavy (non-hydrogen) atoms. The van der Waals surface area contributed by atoms with Gasteiger partial charge in [0.05, 0.1) is 12.7 Å². The highest BCUT2D eigenvalue weighted by molar-refractivity contribution is 6.85. The Kier molecular flexibility index (Phi) is 8.38. The molecule has 0 aromatic heterocycles. The molecular formula is C16H30O7Si2. The van der Waals surface area contributed by atoms with Crippen LogP contribution in [0.3, 0.4) is 0 Å². The number of ether oxygens (including phenoxy) is 1. The molecule has 4 unspecified atom stereocenters. The average molecular weight is 391 g/mol. The summed E-state index contributed by atoms with van der Waals surface area (Å²) in [5, 5.41) is 20.0. The van der Waals surface area contributed by atoms with Gasteiger partial charge in [0.25, 0.3) is 0 Å². The number of rotatable bonds is 11. The van der Waals surface area contributed by atoms with Crippen molar-refractivity contribution in [2.24, 2.45) is 0 Å². The van der Waals surface area contributed by atoms with Gasteiger partial charge in [-0.25, -0.2) is 0 Å². The number of hydrogen-bond acceptors (Lipinski definition) is 7. The van der Waals surface area contributed by atoms with Crippen LogP contribution in [0.5, 0.6) is 0 Å². The van der Waals surface area contributed by atoms with Crippen LogP contribution in [-0.4, -0.2) is 69.2 Å². The second kappa shape index (κ2) is 9.35. The molecule has 1 rings (SSSR count). The standard InChI is InChI=1S/C16H30O7Si2/c1-14(17)16(2,18)13-22-11-8-12-25(20,21-3)23-24(4,19)15-9-6-5-7-10-15/h5-7,9-10,14,17-20H,8,11-13H2,1-4H3. The molecule has 0 saturated carbocycles. The van der Waals surface area contributed by atoms with E-state index >= 15 is 0 Å². The summed E-state index contributed by atoms with van der Waals surface area (Å²) in [6.45, 7) is 4.82. The molecule has 0 bridgehead atoms. The van der Waals surface area contributed by atoms with E-state index in [9.17, 15) is 19.8 Å². The molecule has 1 aromatic carbocycles. The predicted molar refractivity (Wildman–Crippen MR) is 98.5 cm³/mol. The number of benzene rings is 1. The third-order valence-electron chi connectivity index (χ3n) is 4.06. The zero-order chi connectivity index (χ0) is 19.1. The maximum absolute atomic E-state index is 10.6. The largest absolute Gasteiger partial charge is 0.489 e. The van der Waals surface area contributed by atoms with Gasteiger partial charge in [0.2, 0.25) is 0 Å². The molecule has 0 spiro atoms. The fourth-order valence-corrected chi connectivity index (χ4v) is 7.41. The Morgan fingerprint density at radius 1 is 1.20 bits per heavy atom. The van der Waals surface area contributed by atoms with E-state index in [0.29, 0.717) is 11.6 Å². The smallest absolute Gasteiger partial charge is 0.408 e. The minimum Gasteiger partial charge on any atom is -0.408 e. The summed E-state index contributed by atoms with van der Waals surface area (Å²) in [5.74, 6) is 0. The minimum absolute atomic E-state index is 0.0189. The minimum atomic E-state index is -3.54. The number of aliphatic hydroxyl groups is 2. The van der Waals surface area contributed by atoms with Gasteiger partial charge in [0.15, 0.2) is 0 Å². The molecule has 0 heterocycles. The molecule has 4 atom stereocenters. The summed E-state index contributed by atoms with van der Waals surface area (Å²) in [4.78, 5) is 21.2. The van der Waals surface area contributed by atoms with Gasteiger partial charge < -0.3 is 33.1 Å². The van der Waals surface area contributed by atoms with E-state index in [1.54, 1.807) is 30.8 Å². The maximum Gasteiger partial charge on any atom is 0.489 e. The Labute approximate surface area is 151 Å². The van der Waals surface area contributed by atoms with Gasteiger partial charge in [-0.3, -0.25) is 0 Å². The van der Waals surface area contributed by atoms with E-state index in [1.807, 2.05) is 6.07 Å². The molecule has 0 aliphatic rings. The molecule has 7 nitrogen and oxygen atoms in total. The van der Waals surface area contributed by atoms with E-state index in [1.165, 1.54) is 21.0 Å². The summed E-state index contributed by atoms with van der Waals surface area (Å²) in [6, 6.07) is 9.19. The molecule has 0 saturated heterocycles. The van der Waals surface area contributed by atoms with Crippen LogP contribution in [0.15, 0.2) is 30.3 Å². The second-order valence-electron chi connectivity index (χ2n) is 6.56. The molecule has 1 aromatic rings. The van der Waals surface area contributed by atoms with Crippen molar-refractivity contribution < 1.29 is 33.1 Å². The topological polar surface area (TPSA) is 109 Å². The maximum atomic E-state index is 10.6. The van der Waals surface area contributed by atoms with Crippen molar-refractivity contribution >= 4 is 22.6 Å². The highest BCUT2D eigenvalue weighted by Gasteiger charge is 2.45. The Balaban J connectivity index is 2.51. The first-order chi connectivity index (χ1) is 11.5. The van der Waals surface area contributed by atoms with Crippen molar-refractivity contribution in [3.8, 4) is 0 Å². The Morgan fingerprint density at radius 2 is 1.80 bits per heavy atom. The van der Waals surface area contributed by atoms with Gasteiger partial charge in [0.1, 0.15) is 5.60 Å². The number of hydrogen-bond donors (Lipinski definition) is 4. The summed E-state index contributed by atoms with van der Waals surface area (Å²) >= 11 is 0. The zero-order valence-corrected chi connectivity index (χ0v) is 17.3. The normalized spacial score (nSPS) is 20.3. The van der Waals surface area contributed by atoms with E-state index < -0.39 is 29.1 Å². The van der Waals surface area contributed by atoms with Gasteiger partial charge in [-0.1, -0.05) is 30.3 Å². The first-order valence-corrected chi connectivity index (χ1v) is 12.6. The lowest BCUT2D eigenvalue weighted by Crippen LogP contribution is -2.58. The van der Waals surface area contributed by atoms with E-state index in [4.69, 9.17) is 13.3 Å². The van der Waals surface area contributed by atoms with Crippen LogP contribution in [-0.2, 0) is 13.3 Å². The first-order valence-electron chi connectivity index (χ1n) is 8.26. The molecule has 0 aliphatic carbocycles. The van der Waals surface area contributed by atoms with Crippen molar-refractivity contribution in [2.45, 2.75) is 44.6 Å². The molecule has 144 valence electrons. The lowest BCUT2D eigenvalue weighted by molar-refractivity contribution is -0.102. The van der Waals surface area contributed by atoms with E-state index in [2.05, 4.69) is 0 Å². The fourth-order valence-electron chi connectivity index (χ4n) is 2.11. The fraction of sp³-hybridized carbons (Fsp3) is 0.625. The molecule has 0 fully saturated rings. The predicted octanol–water partition coefficient (Wildman–Crippen LogP) is 0.0906. The molecule has 0 aliphatic heterocycles. The van der Waals surface area contributed by atoms with Crippen LogP contribution < -0.4 is 5.19 Å². The first kappa shape index (κ1) is 22.4. The number of aliphatic hydroxyl groups excluding tert-OH is 1. The lowest BCUT2D eigenvalue weighted by Gasteiger charge is -2.31. The van der Waals surface area contributed by atoms with E-state index in [-0.39, 0.29) is 19.3 Å². The van der Waals surface area contributed by atoms with E-state index in [0.717, 1.165) is 0 Å². The van der Waals surface area contributed by atoms with Crippen molar-refractivity contribution in [2.75, 3.05) is 20.3 Å². The Hall–Kier alpha value is -0.626. The monoisotopic (exact) mass is 390 g/mol. The third-order valence-corrected chi connectivity index (χ3v) is 9.96. The molecule has 4 N–H and O–H groups in total. The Morgan fingerprint density at radius 3 is 2.32 bits per heavy atom. The third kappa shape index (κ3) is 7.25. The molecular weight excluding hydrogens is 360 g/mol. The molecule has 0 radical (unpaired) electrons. The second-order valence-corrected chi connectivity index (χ2v) is 12.3. The van der Waals surface area contributed by atoms with Crippen LogP contribution in [0, 0.1) is 0 Å². The molecule has 0 amide bonds. The van der Waals surface area contributed by atoms with Crippen molar-refractivity contribution in [3.05, 3.63) is 30.3 Å². The summed E-state index contributed by atoms with van der Waals surface area (Å²) in [5.41, 5.74) is -1.32. The summed E-state index contributed by atoms with van der Waals surface area (Å²) in [6.07, 6.45) is -0.473. The zero-order valence-electron chi connectivity index (χ0n) is 15.3. The van der Waals surface area contributed by atoms with Crippen molar-refractivity contribution in [1.82, 2.24) is 0 Å². The van der Waals surface area contributed by atoms with Crippen molar-refractivity contribution in [1.29, 1.82) is 0 Å². The SMILES string of the molecule is CO[Si](O)(CCCOCC(C)(O)C(C)O)O[Si](C)(O)c1ccccc1. The van der Waals surface area contributed by atoms with Crippen LogP contribution in [0.1, 0.15) is 20.3 Å². The van der Waals surface area contributed by atoms with Gasteiger partial charge in [0, 0.05) is 19.8 Å². The Bertz CT molecular complexity index is 510. The van der Waals surface area contributed by atoms with Crippen LogP contribution >= 0.6 is 0 Å². The van der Waals surface area contributed by atoms with Crippen LogP contribution in [0.4, 0.5) is 0 Å². The van der Waals surface area contributed by atoms with Crippen LogP contribution in [0.25, 0.3) is 0 Å². The van der Waals surface area contributed by atoms with Gasteiger partial charge in [-0.05, 0) is 32.0 Å². The lowest BCUT2D eigenvalue weighted by atomic mass is 10.0.